The summed E-state index contributed by atoms with van der Waals surface area (Å²) in [4.78, 5) is 39.1. The van der Waals surface area contributed by atoms with Gasteiger partial charge in [0.15, 0.2) is 6.10 Å². The smallest absolute Gasteiger partial charge is 0.410 e. The average Bonchev–Trinajstić information content (AvgIpc) is 2.63. The third-order valence-corrected chi connectivity index (χ3v) is 4.60. The molecule has 1 aromatic carbocycles. The first-order chi connectivity index (χ1) is 13.2. The van der Waals surface area contributed by atoms with Crippen LogP contribution in [0.5, 0.6) is 5.75 Å². The van der Waals surface area contributed by atoms with Crippen LogP contribution in [0.15, 0.2) is 24.3 Å². The Kier molecular flexibility index (Phi) is 5.76. The molecule has 0 spiro atoms. The van der Waals surface area contributed by atoms with Crippen molar-refractivity contribution in [2.24, 2.45) is 0 Å². The van der Waals surface area contributed by atoms with Gasteiger partial charge in [0.1, 0.15) is 11.4 Å². The first-order valence-corrected chi connectivity index (χ1v) is 9.54. The molecule has 0 bridgehead atoms. The Morgan fingerprint density at radius 2 is 1.71 bits per heavy atom. The molecule has 0 unspecified atom stereocenters. The second-order valence-electron chi connectivity index (χ2n) is 8.01. The second-order valence-corrected chi connectivity index (χ2v) is 8.01. The molecule has 3 amide bonds. The lowest BCUT2D eigenvalue weighted by molar-refractivity contribution is -0.138. The molecular weight excluding hydrogens is 362 g/mol. The van der Waals surface area contributed by atoms with Gasteiger partial charge >= 0.3 is 6.09 Å². The number of rotatable bonds is 3. The number of carbonyl (C=O) groups is 3. The molecule has 2 saturated heterocycles. The largest absolute Gasteiger partial charge is 0.481 e. The molecule has 0 aromatic heterocycles. The number of hydrogen-bond acceptors (Lipinski definition) is 6. The molecular formula is C20H27N3O5. The van der Waals surface area contributed by atoms with Gasteiger partial charge in [0.05, 0.1) is 0 Å². The zero-order valence-corrected chi connectivity index (χ0v) is 16.6. The Morgan fingerprint density at radius 1 is 1.07 bits per heavy atom. The van der Waals surface area contributed by atoms with Gasteiger partial charge in [-0.1, -0.05) is 0 Å². The molecule has 8 nitrogen and oxygen atoms in total. The van der Waals surface area contributed by atoms with Crippen molar-refractivity contribution in [1.29, 1.82) is 0 Å². The van der Waals surface area contributed by atoms with Crippen LogP contribution in [0.1, 0.15) is 33.6 Å². The number of benzene rings is 1. The summed E-state index contributed by atoms with van der Waals surface area (Å²) in [5, 5.41) is 2.29. The minimum atomic E-state index is -0.638. The molecule has 3 rings (SSSR count). The molecule has 2 aliphatic rings. The van der Waals surface area contributed by atoms with Crippen LogP contribution in [0.25, 0.3) is 0 Å². The molecule has 1 N–H and O–H groups in total. The molecule has 2 aliphatic heterocycles. The fourth-order valence-electron chi connectivity index (χ4n) is 3.16. The molecule has 2 fully saturated rings. The molecule has 8 heteroatoms. The zero-order chi connectivity index (χ0) is 20.3. The van der Waals surface area contributed by atoms with E-state index in [1.807, 2.05) is 45.0 Å². The van der Waals surface area contributed by atoms with Gasteiger partial charge < -0.3 is 19.3 Å². The third-order valence-electron chi connectivity index (χ3n) is 4.60. The van der Waals surface area contributed by atoms with E-state index in [0.29, 0.717) is 38.3 Å². The summed E-state index contributed by atoms with van der Waals surface area (Å²) in [5.41, 5.74) is 0.534. The van der Waals surface area contributed by atoms with E-state index in [-0.39, 0.29) is 18.4 Å². The van der Waals surface area contributed by atoms with Crippen molar-refractivity contribution in [1.82, 2.24) is 10.2 Å². The summed E-state index contributed by atoms with van der Waals surface area (Å²) in [5.74, 6) is -0.0602. The van der Waals surface area contributed by atoms with Crippen LogP contribution in [0.3, 0.4) is 0 Å². The van der Waals surface area contributed by atoms with E-state index in [0.717, 1.165) is 5.69 Å². The first-order valence-electron chi connectivity index (χ1n) is 9.54. The van der Waals surface area contributed by atoms with Gasteiger partial charge in [0.2, 0.25) is 5.91 Å². The Balaban J connectivity index is 1.51. The Hall–Kier alpha value is -2.77. The summed E-state index contributed by atoms with van der Waals surface area (Å²) in [6.07, 6.45) is -0.240. The number of amides is 3. The van der Waals surface area contributed by atoms with Gasteiger partial charge in [0.25, 0.3) is 5.91 Å². The molecule has 152 valence electrons. The number of anilines is 1. The molecule has 2 heterocycles. The topological polar surface area (TPSA) is 88.2 Å². The molecule has 0 aliphatic carbocycles. The molecule has 1 atom stereocenters. The highest BCUT2D eigenvalue weighted by Gasteiger charge is 2.28. The number of carbonyl (C=O) groups excluding carboxylic acids is 3. The lowest BCUT2D eigenvalue weighted by Crippen LogP contribution is -2.50. The van der Waals surface area contributed by atoms with E-state index >= 15 is 0 Å². The highest BCUT2D eigenvalue weighted by Crippen LogP contribution is 2.23. The summed E-state index contributed by atoms with van der Waals surface area (Å²) in [6.45, 7) is 8.21. The Bertz CT molecular complexity index is 733. The predicted octanol–water partition coefficient (Wildman–Crippen LogP) is 1.93. The third kappa shape index (κ3) is 5.15. The van der Waals surface area contributed by atoms with Gasteiger partial charge in [-0.2, -0.15) is 0 Å². The monoisotopic (exact) mass is 389 g/mol. The van der Waals surface area contributed by atoms with Crippen molar-refractivity contribution in [2.75, 3.05) is 31.1 Å². The average molecular weight is 389 g/mol. The highest BCUT2D eigenvalue weighted by molar-refractivity contribution is 5.99. The van der Waals surface area contributed by atoms with Crippen LogP contribution in [0.2, 0.25) is 0 Å². The maximum absolute atomic E-state index is 12.2. The zero-order valence-electron chi connectivity index (χ0n) is 16.6. The van der Waals surface area contributed by atoms with Gasteiger partial charge in [-0.15, -0.1) is 0 Å². The van der Waals surface area contributed by atoms with Crippen LogP contribution in [-0.4, -0.2) is 60.7 Å². The van der Waals surface area contributed by atoms with Crippen LogP contribution in [-0.2, 0) is 14.3 Å². The van der Waals surface area contributed by atoms with Crippen LogP contribution < -0.4 is 15.0 Å². The predicted molar refractivity (Wildman–Crippen MR) is 103 cm³/mol. The standard InChI is InChI=1S/C20H27N3O5/c1-20(2,3)28-19(26)23-12-10-22(11-13-23)14-4-6-15(7-5-14)27-16-8-9-17(24)21-18(16)25/h4-7,16H,8-13H2,1-3H3,(H,21,24,25)/t16-/m0/s1. The van der Waals surface area contributed by atoms with Gasteiger partial charge in [-0.05, 0) is 45.0 Å². The number of piperazine rings is 1. The maximum atomic E-state index is 12.2. The summed E-state index contributed by atoms with van der Waals surface area (Å²) >= 11 is 0. The quantitative estimate of drug-likeness (QED) is 0.795. The summed E-state index contributed by atoms with van der Waals surface area (Å²) in [6, 6.07) is 7.51. The van der Waals surface area contributed by atoms with Gasteiger partial charge in [-0.25, -0.2) is 4.79 Å². The van der Waals surface area contributed by atoms with E-state index < -0.39 is 17.6 Å². The van der Waals surface area contributed by atoms with E-state index in [1.165, 1.54) is 0 Å². The lowest BCUT2D eigenvalue weighted by Gasteiger charge is -2.36. The minimum Gasteiger partial charge on any atom is -0.481 e. The van der Waals surface area contributed by atoms with E-state index in [1.54, 1.807) is 4.90 Å². The highest BCUT2D eigenvalue weighted by atomic mass is 16.6. The van der Waals surface area contributed by atoms with Crippen LogP contribution >= 0.6 is 0 Å². The molecule has 0 saturated carbocycles. The van der Waals surface area contributed by atoms with E-state index in [9.17, 15) is 14.4 Å². The Labute approximate surface area is 164 Å². The van der Waals surface area contributed by atoms with Crippen molar-refractivity contribution in [3.8, 4) is 5.75 Å². The van der Waals surface area contributed by atoms with E-state index in [2.05, 4.69) is 10.2 Å². The molecule has 28 heavy (non-hydrogen) atoms. The number of nitrogens with one attached hydrogen (secondary N) is 1. The fraction of sp³-hybridized carbons (Fsp3) is 0.550. The fourth-order valence-corrected chi connectivity index (χ4v) is 3.16. The lowest BCUT2D eigenvalue weighted by atomic mass is 10.1. The van der Waals surface area contributed by atoms with Crippen molar-refractivity contribution in [2.45, 2.75) is 45.3 Å². The minimum absolute atomic E-state index is 0.259. The number of hydrogen-bond donors (Lipinski definition) is 1. The maximum Gasteiger partial charge on any atom is 0.410 e. The summed E-state index contributed by atoms with van der Waals surface area (Å²) < 4.78 is 11.1. The number of piperidine rings is 1. The van der Waals surface area contributed by atoms with Crippen molar-refractivity contribution in [3.05, 3.63) is 24.3 Å². The van der Waals surface area contributed by atoms with Gasteiger partial charge in [-0.3, -0.25) is 14.9 Å². The van der Waals surface area contributed by atoms with Crippen LogP contribution in [0, 0.1) is 0 Å². The Morgan fingerprint density at radius 3 is 2.29 bits per heavy atom. The van der Waals surface area contributed by atoms with Gasteiger partial charge in [0, 0.05) is 44.7 Å². The van der Waals surface area contributed by atoms with Crippen molar-refractivity contribution < 1.29 is 23.9 Å². The van der Waals surface area contributed by atoms with E-state index in [4.69, 9.17) is 9.47 Å². The first kappa shape index (κ1) is 20.0. The second kappa shape index (κ2) is 8.08. The number of ether oxygens (including phenoxy) is 2. The number of nitrogens with zero attached hydrogens (tertiary/aromatic N) is 2. The normalized spacial score (nSPS) is 20.6. The van der Waals surface area contributed by atoms with Crippen molar-refractivity contribution in [3.63, 3.8) is 0 Å². The molecule has 1 aromatic rings. The molecule has 0 radical (unpaired) electrons. The SMILES string of the molecule is CC(C)(C)OC(=O)N1CCN(c2ccc(O[C@H]3CCC(=O)NC3=O)cc2)CC1. The van der Waals surface area contributed by atoms with Crippen molar-refractivity contribution >= 4 is 23.6 Å². The summed E-state index contributed by atoms with van der Waals surface area (Å²) in [7, 11) is 0. The van der Waals surface area contributed by atoms with Crippen LogP contribution in [0.4, 0.5) is 10.5 Å². The number of imide groups is 1.